The predicted molar refractivity (Wildman–Crippen MR) is 209 cm³/mol. The Balaban J connectivity index is 1.18. The molecule has 0 N–H and O–H groups in total. The number of hydrogen-bond donors (Lipinski definition) is 0. The van der Waals surface area contributed by atoms with Gasteiger partial charge in [-0.2, -0.15) is 0 Å². The molecule has 0 aliphatic rings. The van der Waals surface area contributed by atoms with Crippen molar-refractivity contribution >= 4 is 65.4 Å². The van der Waals surface area contributed by atoms with E-state index in [1.165, 1.54) is 65.4 Å². The number of aromatic nitrogens is 4. The minimum Gasteiger partial charge on any atom is -0.315 e. The zero-order valence-electron chi connectivity index (χ0n) is 27.1. The Morgan fingerprint density at radius 1 is 0.260 bits per heavy atom. The van der Waals surface area contributed by atoms with Crippen LogP contribution in [0.15, 0.2) is 182 Å². The standard InChI is InChI=1S/C46H30N4/c1-3-11-33(12-4-1)47-29-27-31-19-25-39-37-15-7-9-17-41(37)49(45(39)43(31)47)35-21-23-36(24-22-35)50-42-18-10-8-16-38(42)40-26-20-32-28-30-48(44(32)46(40)50)34-13-5-2-6-14-34/h1-30H. The van der Waals surface area contributed by atoms with Gasteiger partial charge in [0.1, 0.15) is 0 Å². The highest BCUT2D eigenvalue weighted by Gasteiger charge is 2.20. The summed E-state index contributed by atoms with van der Waals surface area (Å²) in [6, 6.07) is 61.5. The van der Waals surface area contributed by atoms with Gasteiger partial charge in [-0.3, -0.25) is 0 Å². The van der Waals surface area contributed by atoms with Gasteiger partial charge in [-0.05, 0) is 72.8 Å². The quantitative estimate of drug-likeness (QED) is 0.183. The molecule has 4 nitrogen and oxygen atoms in total. The summed E-state index contributed by atoms with van der Waals surface area (Å²) >= 11 is 0. The van der Waals surface area contributed by atoms with E-state index in [1.807, 2.05) is 0 Å². The Bertz CT molecular complexity index is 2850. The van der Waals surface area contributed by atoms with Crippen LogP contribution in [-0.4, -0.2) is 18.3 Å². The summed E-state index contributed by atoms with van der Waals surface area (Å²) in [5.41, 5.74) is 11.8. The fourth-order valence-electron chi connectivity index (χ4n) is 8.24. The topological polar surface area (TPSA) is 19.7 Å². The Labute approximate surface area is 287 Å². The second-order valence-electron chi connectivity index (χ2n) is 13.1. The van der Waals surface area contributed by atoms with Gasteiger partial charge in [-0.25, -0.2) is 0 Å². The predicted octanol–water partition coefficient (Wildman–Crippen LogP) is 11.8. The van der Waals surface area contributed by atoms with Crippen molar-refractivity contribution in [3.05, 3.63) is 182 Å². The zero-order valence-corrected chi connectivity index (χ0v) is 27.1. The van der Waals surface area contributed by atoms with E-state index < -0.39 is 0 Å². The summed E-state index contributed by atoms with van der Waals surface area (Å²) in [7, 11) is 0. The number of para-hydroxylation sites is 4. The molecule has 0 saturated carbocycles. The van der Waals surface area contributed by atoms with Crippen molar-refractivity contribution in [1.82, 2.24) is 18.3 Å². The van der Waals surface area contributed by atoms with E-state index in [-0.39, 0.29) is 0 Å². The second-order valence-corrected chi connectivity index (χ2v) is 13.1. The Morgan fingerprint density at radius 3 is 1.10 bits per heavy atom. The molecule has 0 bridgehead atoms. The molecule has 0 saturated heterocycles. The molecule has 0 radical (unpaired) electrons. The Morgan fingerprint density at radius 2 is 0.660 bits per heavy atom. The van der Waals surface area contributed by atoms with E-state index >= 15 is 0 Å². The average Bonchev–Trinajstić information content (AvgIpc) is 3.96. The van der Waals surface area contributed by atoms with Crippen molar-refractivity contribution in [3.8, 4) is 22.7 Å². The lowest BCUT2D eigenvalue weighted by Crippen LogP contribution is -2.00. The van der Waals surface area contributed by atoms with Crippen LogP contribution in [0.2, 0.25) is 0 Å². The van der Waals surface area contributed by atoms with Gasteiger partial charge in [0.05, 0.1) is 33.1 Å². The Hall–Kier alpha value is -6.78. The summed E-state index contributed by atoms with van der Waals surface area (Å²) in [4.78, 5) is 0. The molecule has 0 fully saturated rings. The minimum atomic E-state index is 1.13. The van der Waals surface area contributed by atoms with Crippen molar-refractivity contribution < 1.29 is 0 Å². The van der Waals surface area contributed by atoms with Crippen LogP contribution in [0.25, 0.3) is 88.2 Å². The van der Waals surface area contributed by atoms with Crippen LogP contribution in [0.5, 0.6) is 0 Å². The van der Waals surface area contributed by atoms with Crippen molar-refractivity contribution in [3.63, 3.8) is 0 Å². The van der Waals surface area contributed by atoms with Gasteiger partial charge in [-0.1, -0.05) is 97.1 Å². The van der Waals surface area contributed by atoms with Crippen LogP contribution in [0, 0.1) is 0 Å². The molecule has 4 heterocycles. The average molecular weight is 639 g/mol. The van der Waals surface area contributed by atoms with Crippen LogP contribution >= 0.6 is 0 Å². The Kier molecular flexibility index (Phi) is 5.63. The number of hydrogen-bond acceptors (Lipinski definition) is 0. The second kappa shape index (κ2) is 10.4. The largest absolute Gasteiger partial charge is 0.315 e. The summed E-state index contributed by atoms with van der Waals surface area (Å²) < 4.78 is 9.54. The molecule has 4 heteroatoms. The van der Waals surface area contributed by atoms with Crippen molar-refractivity contribution in [2.45, 2.75) is 0 Å². The zero-order chi connectivity index (χ0) is 32.8. The number of rotatable bonds is 4. The molecule has 0 amide bonds. The van der Waals surface area contributed by atoms with Crippen molar-refractivity contribution in [2.24, 2.45) is 0 Å². The van der Waals surface area contributed by atoms with Crippen LogP contribution in [0.4, 0.5) is 0 Å². The summed E-state index contributed by atoms with van der Waals surface area (Å²) in [6.45, 7) is 0. The molecular formula is C46H30N4. The summed E-state index contributed by atoms with van der Waals surface area (Å²) in [6.07, 6.45) is 4.39. The third-order valence-corrected chi connectivity index (χ3v) is 10.4. The fourth-order valence-corrected chi connectivity index (χ4v) is 8.24. The van der Waals surface area contributed by atoms with E-state index in [9.17, 15) is 0 Å². The highest BCUT2D eigenvalue weighted by atomic mass is 15.1. The number of fused-ring (bicyclic) bond motifs is 10. The normalized spacial score (nSPS) is 12.0. The summed E-state index contributed by atoms with van der Waals surface area (Å²) in [5, 5.41) is 7.44. The first-order chi connectivity index (χ1) is 24.8. The van der Waals surface area contributed by atoms with Crippen LogP contribution < -0.4 is 0 Å². The highest BCUT2D eigenvalue weighted by Crippen LogP contribution is 2.40. The van der Waals surface area contributed by atoms with Gasteiger partial charge in [-0.15, -0.1) is 0 Å². The molecule has 0 unspecified atom stereocenters. The lowest BCUT2D eigenvalue weighted by Gasteiger charge is -2.14. The van der Waals surface area contributed by atoms with E-state index in [2.05, 4.69) is 201 Å². The number of benzene rings is 7. The van der Waals surface area contributed by atoms with E-state index in [4.69, 9.17) is 0 Å². The third kappa shape index (κ3) is 3.76. The highest BCUT2D eigenvalue weighted by molar-refractivity contribution is 6.19. The molecular weight excluding hydrogens is 609 g/mol. The van der Waals surface area contributed by atoms with Gasteiger partial charge in [0, 0.05) is 67.5 Å². The molecule has 7 aromatic carbocycles. The lowest BCUT2D eigenvalue weighted by atomic mass is 10.1. The van der Waals surface area contributed by atoms with E-state index in [0.29, 0.717) is 0 Å². The smallest absolute Gasteiger partial charge is 0.0788 e. The first-order valence-electron chi connectivity index (χ1n) is 17.1. The molecule has 0 aliphatic heterocycles. The third-order valence-electron chi connectivity index (χ3n) is 10.4. The van der Waals surface area contributed by atoms with Crippen LogP contribution in [0.3, 0.4) is 0 Å². The first-order valence-corrected chi connectivity index (χ1v) is 17.1. The maximum absolute atomic E-state index is 2.45. The fraction of sp³-hybridized carbons (Fsp3) is 0. The monoisotopic (exact) mass is 638 g/mol. The number of nitrogens with zero attached hydrogens (tertiary/aromatic N) is 4. The lowest BCUT2D eigenvalue weighted by molar-refractivity contribution is 1.11. The SMILES string of the molecule is c1ccc(-n2ccc3ccc4c5ccccc5n(-c5ccc(-n6c7ccccc7c7ccc8ccn(-c9ccccc9)c8c76)cc5)c4c32)cc1. The summed E-state index contributed by atoms with van der Waals surface area (Å²) in [5.74, 6) is 0. The molecule has 234 valence electrons. The molecule has 50 heavy (non-hydrogen) atoms. The molecule has 0 spiro atoms. The minimum absolute atomic E-state index is 1.13. The molecule has 11 aromatic rings. The van der Waals surface area contributed by atoms with Crippen LogP contribution in [0.1, 0.15) is 0 Å². The van der Waals surface area contributed by atoms with Gasteiger partial charge >= 0.3 is 0 Å². The maximum atomic E-state index is 2.45. The van der Waals surface area contributed by atoms with Crippen molar-refractivity contribution in [1.29, 1.82) is 0 Å². The molecule has 11 rings (SSSR count). The van der Waals surface area contributed by atoms with E-state index in [0.717, 1.165) is 22.7 Å². The van der Waals surface area contributed by atoms with Gasteiger partial charge in [0.15, 0.2) is 0 Å². The van der Waals surface area contributed by atoms with Crippen LogP contribution in [-0.2, 0) is 0 Å². The maximum Gasteiger partial charge on any atom is 0.0788 e. The molecule has 0 atom stereocenters. The molecule has 4 aromatic heterocycles. The van der Waals surface area contributed by atoms with Crippen molar-refractivity contribution in [2.75, 3.05) is 0 Å². The van der Waals surface area contributed by atoms with E-state index in [1.54, 1.807) is 0 Å². The van der Waals surface area contributed by atoms with Gasteiger partial charge in [0.25, 0.3) is 0 Å². The first kappa shape index (κ1) is 27.2. The van der Waals surface area contributed by atoms with Gasteiger partial charge < -0.3 is 18.3 Å². The molecule has 0 aliphatic carbocycles. The van der Waals surface area contributed by atoms with Gasteiger partial charge in [0.2, 0.25) is 0 Å².